The normalized spacial score (nSPS) is 19.7. The smallest absolute Gasteiger partial charge is 0.234 e. The molecule has 0 aromatic carbocycles. The molecular weight excluding hydrogens is 192 g/mol. The number of rotatable bonds is 7. The number of amides is 1. The Bertz CT molecular complexity index is 215. The Labute approximate surface area is 91.8 Å². The van der Waals surface area contributed by atoms with Crippen LogP contribution in [0.1, 0.15) is 26.7 Å². The van der Waals surface area contributed by atoms with Gasteiger partial charge in [-0.3, -0.25) is 4.79 Å². The fourth-order valence-corrected chi connectivity index (χ4v) is 1.49. The summed E-state index contributed by atoms with van der Waals surface area (Å²) in [5.74, 6) is 0.0452. The van der Waals surface area contributed by atoms with Gasteiger partial charge < -0.3 is 15.4 Å². The number of nitrogens with one attached hydrogen (secondary N) is 2. The first kappa shape index (κ1) is 12.5. The molecule has 1 amide bonds. The van der Waals surface area contributed by atoms with E-state index in [-0.39, 0.29) is 11.9 Å². The van der Waals surface area contributed by atoms with Gasteiger partial charge in [0.1, 0.15) is 0 Å². The standard InChI is InChI=1S/C11H22N2O2/c1-9(7-15-3)13-10(14)6-12-8-11(2)4-5-11/h9,12H,4-8H2,1-3H3,(H,13,14). The van der Waals surface area contributed by atoms with E-state index >= 15 is 0 Å². The van der Waals surface area contributed by atoms with Crippen LogP contribution in [0, 0.1) is 5.41 Å². The summed E-state index contributed by atoms with van der Waals surface area (Å²) in [6, 6.07) is 0.0841. The van der Waals surface area contributed by atoms with Gasteiger partial charge in [0.25, 0.3) is 0 Å². The van der Waals surface area contributed by atoms with Crippen LogP contribution in [0.25, 0.3) is 0 Å². The lowest BCUT2D eigenvalue weighted by Crippen LogP contribution is -2.41. The lowest BCUT2D eigenvalue weighted by molar-refractivity contribution is -0.121. The molecule has 1 saturated carbocycles. The second-order valence-corrected chi connectivity index (χ2v) is 4.84. The summed E-state index contributed by atoms with van der Waals surface area (Å²) in [7, 11) is 1.63. The zero-order valence-electron chi connectivity index (χ0n) is 9.93. The minimum absolute atomic E-state index is 0.0452. The average molecular weight is 214 g/mol. The Hall–Kier alpha value is -0.610. The van der Waals surface area contributed by atoms with Gasteiger partial charge in [-0.15, -0.1) is 0 Å². The Kier molecular flexibility index (Phi) is 4.54. The first-order valence-electron chi connectivity index (χ1n) is 5.55. The molecule has 1 fully saturated rings. The van der Waals surface area contributed by atoms with Gasteiger partial charge in [0, 0.05) is 19.7 Å². The van der Waals surface area contributed by atoms with Crippen molar-refractivity contribution < 1.29 is 9.53 Å². The van der Waals surface area contributed by atoms with Crippen molar-refractivity contribution in [3.05, 3.63) is 0 Å². The number of hydrogen-bond donors (Lipinski definition) is 2. The molecule has 0 aliphatic heterocycles. The van der Waals surface area contributed by atoms with Gasteiger partial charge in [0.05, 0.1) is 13.2 Å². The molecule has 0 aromatic heterocycles. The van der Waals surface area contributed by atoms with Crippen molar-refractivity contribution in [1.82, 2.24) is 10.6 Å². The predicted octanol–water partition coefficient (Wildman–Crippen LogP) is 0.527. The van der Waals surface area contributed by atoms with E-state index in [1.807, 2.05) is 6.92 Å². The van der Waals surface area contributed by atoms with E-state index in [0.29, 0.717) is 18.6 Å². The van der Waals surface area contributed by atoms with Crippen molar-refractivity contribution in [2.75, 3.05) is 26.8 Å². The van der Waals surface area contributed by atoms with E-state index < -0.39 is 0 Å². The molecule has 0 bridgehead atoms. The average Bonchev–Trinajstić information content (AvgIpc) is 2.84. The van der Waals surface area contributed by atoms with Crippen molar-refractivity contribution in [1.29, 1.82) is 0 Å². The lowest BCUT2D eigenvalue weighted by Gasteiger charge is -2.14. The van der Waals surface area contributed by atoms with Gasteiger partial charge in [0.15, 0.2) is 0 Å². The number of methoxy groups -OCH3 is 1. The zero-order valence-corrected chi connectivity index (χ0v) is 9.93. The number of ether oxygens (including phenoxy) is 1. The Morgan fingerprint density at radius 2 is 2.20 bits per heavy atom. The maximum Gasteiger partial charge on any atom is 0.234 e. The Balaban J connectivity index is 2.02. The van der Waals surface area contributed by atoms with Crippen LogP contribution in [0.4, 0.5) is 0 Å². The quantitative estimate of drug-likeness (QED) is 0.650. The number of carbonyl (C=O) groups excluding carboxylic acids is 1. The first-order chi connectivity index (χ1) is 7.06. The molecule has 0 aromatic rings. The number of hydrogen-bond acceptors (Lipinski definition) is 3. The lowest BCUT2D eigenvalue weighted by atomic mass is 10.1. The molecule has 1 rings (SSSR count). The van der Waals surface area contributed by atoms with E-state index in [1.165, 1.54) is 12.8 Å². The van der Waals surface area contributed by atoms with E-state index in [9.17, 15) is 4.79 Å². The summed E-state index contributed by atoms with van der Waals surface area (Å²) in [5, 5.41) is 6.04. The highest BCUT2D eigenvalue weighted by molar-refractivity contribution is 5.78. The van der Waals surface area contributed by atoms with E-state index in [2.05, 4.69) is 17.6 Å². The summed E-state index contributed by atoms with van der Waals surface area (Å²) < 4.78 is 4.94. The molecule has 0 saturated heterocycles. The molecule has 4 nitrogen and oxygen atoms in total. The highest BCUT2D eigenvalue weighted by Gasteiger charge is 2.36. The molecule has 1 unspecified atom stereocenters. The fraction of sp³-hybridized carbons (Fsp3) is 0.909. The summed E-state index contributed by atoms with van der Waals surface area (Å²) in [4.78, 5) is 11.4. The van der Waals surface area contributed by atoms with Crippen molar-refractivity contribution >= 4 is 5.91 Å². The molecular formula is C11H22N2O2. The molecule has 0 heterocycles. The van der Waals surface area contributed by atoms with Crippen LogP contribution in [0.2, 0.25) is 0 Å². The van der Waals surface area contributed by atoms with Gasteiger partial charge in [-0.1, -0.05) is 6.92 Å². The molecule has 4 heteroatoms. The topological polar surface area (TPSA) is 50.4 Å². The van der Waals surface area contributed by atoms with Crippen LogP contribution in [0.5, 0.6) is 0 Å². The maximum absolute atomic E-state index is 11.4. The SMILES string of the molecule is COCC(C)NC(=O)CNCC1(C)CC1. The van der Waals surface area contributed by atoms with Crippen molar-refractivity contribution in [3.8, 4) is 0 Å². The first-order valence-corrected chi connectivity index (χ1v) is 5.55. The van der Waals surface area contributed by atoms with Gasteiger partial charge in [-0.25, -0.2) is 0 Å². The molecule has 1 aliphatic rings. The van der Waals surface area contributed by atoms with Crippen LogP contribution >= 0.6 is 0 Å². The Morgan fingerprint density at radius 1 is 1.53 bits per heavy atom. The monoisotopic (exact) mass is 214 g/mol. The van der Waals surface area contributed by atoms with E-state index in [0.717, 1.165) is 6.54 Å². The highest BCUT2D eigenvalue weighted by atomic mass is 16.5. The van der Waals surface area contributed by atoms with Crippen molar-refractivity contribution in [2.45, 2.75) is 32.7 Å². The Morgan fingerprint density at radius 3 is 2.73 bits per heavy atom. The maximum atomic E-state index is 11.4. The third-order valence-corrected chi connectivity index (χ3v) is 2.76. The van der Waals surface area contributed by atoms with Gasteiger partial charge in [0.2, 0.25) is 5.91 Å². The summed E-state index contributed by atoms with van der Waals surface area (Å²) >= 11 is 0. The van der Waals surface area contributed by atoms with Crippen LogP contribution in [-0.2, 0) is 9.53 Å². The molecule has 1 atom stereocenters. The molecule has 1 aliphatic carbocycles. The minimum Gasteiger partial charge on any atom is -0.383 e. The summed E-state index contributed by atoms with van der Waals surface area (Å²) in [6.45, 7) is 6.08. The van der Waals surface area contributed by atoms with Crippen LogP contribution in [0.15, 0.2) is 0 Å². The van der Waals surface area contributed by atoms with Gasteiger partial charge in [-0.05, 0) is 25.2 Å². The zero-order chi connectivity index (χ0) is 11.3. The highest BCUT2D eigenvalue weighted by Crippen LogP contribution is 2.43. The molecule has 0 spiro atoms. The van der Waals surface area contributed by atoms with Crippen molar-refractivity contribution in [3.63, 3.8) is 0 Å². The third-order valence-electron chi connectivity index (χ3n) is 2.76. The van der Waals surface area contributed by atoms with Crippen LogP contribution in [0.3, 0.4) is 0 Å². The summed E-state index contributed by atoms with van der Waals surface area (Å²) in [5.41, 5.74) is 0.457. The van der Waals surface area contributed by atoms with Gasteiger partial charge >= 0.3 is 0 Å². The molecule has 88 valence electrons. The van der Waals surface area contributed by atoms with E-state index in [1.54, 1.807) is 7.11 Å². The third kappa shape index (κ3) is 5.14. The fourth-order valence-electron chi connectivity index (χ4n) is 1.49. The minimum atomic E-state index is 0.0452. The second-order valence-electron chi connectivity index (χ2n) is 4.84. The number of carbonyl (C=O) groups is 1. The second kappa shape index (κ2) is 5.47. The van der Waals surface area contributed by atoms with E-state index in [4.69, 9.17) is 4.74 Å². The van der Waals surface area contributed by atoms with Gasteiger partial charge in [-0.2, -0.15) is 0 Å². The summed E-state index contributed by atoms with van der Waals surface area (Å²) in [6.07, 6.45) is 2.56. The predicted molar refractivity (Wildman–Crippen MR) is 59.7 cm³/mol. The van der Waals surface area contributed by atoms with Crippen LogP contribution < -0.4 is 10.6 Å². The van der Waals surface area contributed by atoms with Crippen LogP contribution in [-0.4, -0.2) is 38.8 Å². The molecule has 0 radical (unpaired) electrons. The molecule has 15 heavy (non-hydrogen) atoms. The van der Waals surface area contributed by atoms with Crippen molar-refractivity contribution in [2.24, 2.45) is 5.41 Å². The molecule has 2 N–H and O–H groups in total. The largest absolute Gasteiger partial charge is 0.383 e.